The number of carboxylic acids is 3. The van der Waals surface area contributed by atoms with Crippen LogP contribution in [-0.4, -0.2) is 17.9 Å². The molecular weight excluding hydrogens is 817 g/mol. The molecule has 0 saturated carbocycles. The van der Waals surface area contributed by atoms with Crippen molar-refractivity contribution >= 4 is 17.9 Å². The minimum Gasteiger partial charge on any atom is -0.550 e. The second-order valence-corrected chi connectivity index (χ2v) is 16.6. The van der Waals surface area contributed by atoms with Gasteiger partial charge in [-0.15, -0.1) is 0 Å². The molecule has 0 heterocycles. The van der Waals surface area contributed by atoms with E-state index in [4.69, 9.17) is 0 Å². The van der Waals surface area contributed by atoms with Gasteiger partial charge in [0.2, 0.25) is 0 Å². The number of carbonyl (C=O) groups excluding carboxylic acids is 3. The molecule has 0 spiro atoms. The van der Waals surface area contributed by atoms with Crippen LogP contribution in [0.15, 0.2) is 0 Å². The van der Waals surface area contributed by atoms with Crippen LogP contribution in [0, 0.1) is 57.1 Å². The first-order chi connectivity index (χ1) is 25.9. The van der Waals surface area contributed by atoms with E-state index in [1.54, 1.807) is 0 Å². The molecule has 3 atom stereocenters. The molecule has 0 aromatic rings. The quantitative estimate of drug-likeness (QED) is 0.0577. The number of carbonyl (C=O) groups is 3. The zero-order valence-corrected chi connectivity index (χ0v) is 41.5. The maximum Gasteiger partial charge on any atom is 3.00 e. The molecule has 0 aromatic carbocycles. The Balaban J connectivity index is -0.000000351. The fourth-order valence-electron chi connectivity index (χ4n) is 7.76. The SMILES string of the molecule is CCCCCCCCC(CC)(CCCC)C(=O)[O-].CCCCCCCCC(CC)(CCCC)C(=O)[O-].CCCCCCCCC(CC)(CCCC)C(=O)[O-].[Nd+3]. The van der Waals surface area contributed by atoms with Gasteiger partial charge in [-0.25, -0.2) is 0 Å². The van der Waals surface area contributed by atoms with Crippen molar-refractivity contribution in [2.24, 2.45) is 16.2 Å². The normalized spacial score (nSPS) is 14.1. The van der Waals surface area contributed by atoms with E-state index in [0.29, 0.717) is 19.3 Å². The number of unbranched alkanes of at least 4 members (excludes halogenated alkanes) is 18. The summed E-state index contributed by atoms with van der Waals surface area (Å²) in [7, 11) is 0. The topological polar surface area (TPSA) is 120 Å². The van der Waals surface area contributed by atoms with Gasteiger partial charge in [-0.05, 0) is 57.8 Å². The summed E-state index contributed by atoms with van der Waals surface area (Å²) in [6.45, 7) is 18.9. The van der Waals surface area contributed by atoms with Crippen molar-refractivity contribution in [3.05, 3.63) is 0 Å². The molecule has 0 aliphatic rings. The third kappa shape index (κ3) is 30.5. The largest absolute Gasteiger partial charge is 3.00 e. The average molecular weight is 911 g/mol. The molecule has 6 nitrogen and oxygen atoms in total. The Bertz CT molecular complexity index is 756. The summed E-state index contributed by atoms with van der Waals surface area (Å²) in [5.41, 5.74) is -1.66. The van der Waals surface area contributed by atoms with Gasteiger partial charge in [0.25, 0.3) is 0 Å². The standard InChI is InChI=1S/3C16H32O2.Nd/c3*1-4-7-9-10-11-12-14-16(6-3,15(17)18)13-8-5-2;/h3*4-14H2,1-3H3,(H,17,18);/q;;;+3/p-3. The van der Waals surface area contributed by atoms with Crippen LogP contribution in [0.4, 0.5) is 0 Å². The van der Waals surface area contributed by atoms with Crippen molar-refractivity contribution in [3.63, 3.8) is 0 Å². The molecule has 0 rings (SSSR count). The summed E-state index contributed by atoms with van der Waals surface area (Å²) in [6.07, 6.45) is 35.0. The molecular formula is C48H93NdO6. The molecule has 0 aromatic heterocycles. The Labute approximate surface area is 376 Å². The van der Waals surface area contributed by atoms with E-state index >= 15 is 0 Å². The van der Waals surface area contributed by atoms with E-state index in [1.165, 1.54) is 96.3 Å². The molecule has 1 radical (unpaired) electrons. The molecule has 0 amide bonds. The Kier molecular flexibility index (Phi) is 46.8. The Hall–Kier alpha value is -0.239. The van der Waals surface area contributed by atoms with E-state index < -0.39 is 34.2 Å². The van der Waals surface area contributed by atoms with Gasteiger partial charge in [-0.2, -0.15) is 0 Å². The van der Waals surface area contributed by atoms with Crippen molar-refractivity contribution in [2.75, 3.05) is 0 Å². The fourth-order valence-corrected chi connectivity index (χ4v) is 7.76. The predicted molar refractivity (Wildman–Crippen MR) is 226 cm³/mol. The average Bonchev–Trinajstić information content (AvgIpc) is 3.16. The number of hydrogen-bond donors (Lipinski definition) is 0. The number of hydrogen-bond acceptors (Lipinski definition) is 6. The Morgan fingerprint density at radius 2 is 0.455 bits per heavy atom. The van der Waals surface area contributed by atoms with Crippen LogP contribution in [0.3, 0.4) is 0 Å². The maximum absolute atomic E-state index is 11.4. The van der Waals surface area contributed by atoms with Gasteiger partial charge < -0.3 is 29.7 Å². The third-order valence-corrected chi connectivity index (χ3v) is 12.4. The van der Waals surface area contributed by atoms with Crippen LogP contribution in [-0.2, 0) is 14.4 Å². The predicted octanol–water partition coefficient (Wildman–Crippen LogP) is 12.2. The monoisotopic (exact) mass is 908 g/mol. The van der Waals surface area contributed by atoms with E-state index in [-0.39, 0.29) is 40.8 Å². The van der Waals surface area contributed by atoms with Crippen molar-refractivity contribution < 1.29 is 70.5 Å². The van der Waals surface area contributed by atoms with Crippen LogP contribution in [0.25, 0.3) is 0 Å². The fraction of sp³-hybridized carbons (Fsp3) is 0.938. The minimum absolute atomic E-state index is 0. The zero-order valence-electron chi connectivity index (χ0n) is 38.3. The molecule has 0 N–H and O–H groups in total. The van der Waals surface area contributed by atoms with Crippen LogP contribution >= 0.6 is 0 Å². The van der Waals surface area contributed by atoms with Crippen LogP contribution in [0.2, 0.25) is 0 Å². The third-order valence-electron chi connectivity index (χ3n) is 12.4. The Morgan fingerprint density at radius 3 is 0.618 bits per heavy atom. The van der Waals surface area contributed by atoms with Crippen molar-refractivity contribution in [2.45, 2.75) is 274 Å². The summed E-state index contributed by atoms with van der Waals surface area (Å²) in [5.74, 6) is -2.48. The van der Waals surface area contributed by atoms with Crippen LogP contribution in [0.1, 0.15) is 274 Å². The van der Waals surface area contributed by atoms with Gasteiger partial charge in [0.15, 0.2) is 0 Å². The van der Waals surface area contributed by atoms with Crippen LogP contribution in [0.5, 0.6) is 0 Å². The molecule has 0 saturated heterocycles. The summed E-state index contributed by atoms with van der Waals surface area (Å²) >= 11 is 0. The first-order valence-corrected chi connectivity index (χ1v) is 23.5. The molecule has 3 unspecified atom stereocenters. The maximum atomic E-state index is 11.4. The summed E-state index contributed by atoms with van der Waals surface area (Å²) < 4.78 is 0. The van der Waals surface area contributed by atoms with E-state index in [0.717, 1.165) is 96.3 Å². The molecule has 7 heteroatoms. The summed E-state index contributed by atoms with van der Waals surface area (Å²) in [4.78, 5) is 34.2. The number of carboxylic acid groups (broad SMARTS) is 3. The second kappa shape index (κ2) is 41.9. The molecule has 55 heavy (non-hydrogen) atoms. The zero-order chi connectivity index (χ0) is 41.6. The molecule has 325 valence electrons. The van der Waals surface area contributed by atoms with Gasteiger partial charge >= 0.3 is 40.8 Å². The van der Waals surface area contributed by atoms with Gasteiger partial charge in [0.1, 0.15) is 0 Å². The van der Waals surface area contributed by atoms with E-state index in [1.807, 2.05) is 20.8 Å². The number of aliphatic carboxylic acids is 3. The first kappa shape index (κ1) is 61.4. The first-order valence-electron chi connectivity index (χ1n) is 23.5. The smallest absolute Gasteiger partial charge is 0.550 e. The number of rotatable bonds is 36. The van der Waals surface area contributed by atoms with Gasteiger partial charge in [0, 0.05) is 34.2 Å². The summed E-state index contributed by atoms with van der Waals surface area (Å²) in [5, 5.41) is 34.2. The molecule has 0 bridgehead atoms. The van der Waals surface area contributed by atoms with E-state index in [9.17, 15) is 29.7 Å². The van der Waals surface area contributed by atoms with Gasteiger partial charge in [-0.1, -0.05) is 216 Å². The van der Waals surface area contributed by atoms with Crippen molar-refractivity contribution in [1.82, 2.24) is 0 Å². The summed E-state index contributed by atoms with van der Waals surface area (Å²) in [6, 6.07) is 0. The van der Waals surface area contributed by atoms with Crippen molar-refractivity contribution in [3.8, 4) is 0 Å². The Morgan fingerprint density at radius 1 is 0.291 bits per heavy atom. The van der Waals surface area contributed by atoms with Gasteiger partial charge in [-0.3, -0.25) is 0 Å². The minimum atomic E-state index is -0.827. The van der Waals surface area contributed by atoms with Crippen LogP contribution < -0.4 is 15.3 Å². The second-order valence-electron chi connectivity index (χ2n) is 16.6. The van der Waals surface area contributed by atoms with Crippen molar-refractivity contribution in [1.29, 1.82) is 0 Å². The molecule has 0 aliphatic heterocycles. The van der Waals surface area contributed by atoms with Gasteiger partial charge in [0.05, 0.1) is 0 Å². The molecule has 0 aliphatic carbocycles. The molecule has 0 fully saturated rings. The van der Waals surface area contributed by atoms with E-state index in [2.05, 4.69) is 41.5 Å².